The molecule has 0 aliphatic heterocycles. The summed E-state index contributed by atoms with van der Waals surface area (Å²) >= 11 is 0. The van der Waals surface area contributed by atoms with Gasteiger partial charge in [-0.2, -0.15) is 0 Å². The van der Waals surface area contributed by atoms with Crippen LogP contribution in [0.4, 0.5) is 5.69 Å². The number of amides is 1. The first-order valence-electron chi connectivity index (χ1n) is 5.18. The second-order valence-electron chi connectivity index (χ2n) is 3.63. The molecular weight excluding hydrogens is 188 g/mol. The Morgan fingerprint density at radius 1 is 1.47 bits per heavy atom. The minimum atomic E-state index is 0.110. The largest absolute Gasteiger partial charge is 0.376 e. The number of likely N-dealkylation sites (N-methyl/N-ethyl adjacent to an activating group) is 1. The van der Waals surface area contributed by atoms with Gasteiger partial charge in [-0.15, -0.1) is 0 Å². The summed E-state index contributed by atoms with van der Waals surface area (Å²) in [5, 5.41) is 3.11. The van der Waals surface area contributed by atoms with Crippen LogP contribution in [0.2, 0.25) is 0 Å². The number of carbonyl (C=O) groups is 1. The van der Waals surface area contributed by atoms with Crippen molar-refractivity contribution in [2.45, 2.75) is 13.8 Å². The number of rotatable bonds is 4. The van der Waals surface area contributed by atoms with E-state index in [9.17, 15) is 4.79 Å². The molecule has 0 spiro atoms. The minimum absolute atomic E-state index is 0.110. The molecule has 1 aromatic rings. The van der Waals surface area contributed by atoms with E-state index in [4.69, 9.17) is 0 Å². The fourth-order valence-corrected chi connectivity index (χ4v) is 1.24. The number of hydrogen-bond donors (Lipinski definition) is 1. The molecule has 1 amide bonds. The Balaban J connectivity index is 2.47. The summed E-state index contributed by atoms with van der Waals surface area (Å²) in [6.45, 7) is 5.10. The summed E-state index contributed by atoms with van der Waals surface area (Å²) < 4.78 is 0. The molecule has 1 aromatic carbocycles. The lowest BCUT2D eigenvalue weighted by Gasteiger charge is -2.15. The predicted octanol–water partition coefficient (Wildman–Crippen LogP) is 1.89. The van der Waals surface area contributed by atoms with Crippen LogP contribution in [0.25, 0.3) is 0 Å². The van der Waals surface area contributed by atoms with Crippen LogP contribution in [-0.4, -0.2) is 30.9 Å². The Kier molecular flexibility index (Phi) is 4.16. The first kappa shape index (κ1) is 11.6. The molecule has 0 saturated carbocycles. The van der Waals surface area contributed by atoms with E-state index < -0.39 is 0 Å². The standard InChI is InChI=1S/C12H18N2O/c1-4-14(3)12(15)9-13-11-7-5-6-10(2)8-11/h5-8,13H,4,9H2,1-3H3. The maximum absolute atomic E-state index is 11.5. The van der Waals surface area contributed by atoms with Gasteiger partial charge in [0.15, 0.2) is 0 Å². The van der Waals surface area contributed by atoms with Crippen LogP contribution in [0.5, 0.6) is 0 Å². The quantitative estimate of drug-likeness (QED) is 0.816. The van der Waals surface area contributed by atoms with Crippen molar-refractivity contribution in [1.82, 2.24) is 4.90 Å². The van der Waals surface area contributed by atoms with E-state index in [0.717, 1.165) is 12.2 Å². The third-order valence-corrected chi connectivity index (χ3v) is 2.36. The van der Waals surface area contributed by atoms with Crippen LogP contribution in [0.1, 0.15) is 12.5 Å². The van der Waals surface area contributed by atoms with E-state index in [0.29, 0.717) is 6.54 Å². The van der Waals surface area contributed by atoms with E-state index in [1.54, 1.807) is 11.9 Å². The third kappa shape index (κ3) is 3.62. The van der Waals surface area contributed by atoms with Crippen molar-refractivity contribution in [2.75, 3.05) is 25.5 Å². The second-order valence-corrected chi connectivity index (χ2v) is 3.63. The van der Waals surface area contributed by atoms with Crippen molar-refractivity contribution in [2.24, 2.45) is 0 Å². The molecule has 1 N–H and O–H groups in total. The third-order valence-electron chi connectivity index (χ3n) is 2.36. The molecule has 0 aliphatic rings. The van der Waals surface area contributed by atoms with E-state index in [2.05, 4.69) is 5.32 Å². The lowest BCUT2D eigenvalue weighted by Crippen LogP contribution is -2.31. The lowest BCUT2D eigenvalue weighted by molar-refractivity contribution is -0.127. The average molecular weight is 206 g/mol. The van der Waals surface area contributed by atoms with Gasteiger partial charge in [0, 0.05) is 19.3 Å². The number of hydrogen-bond acceptors (Lipinski definition) is 2. The molecule has 0 saturated heterocycles. The van der Waals surface area contributed by atoms with Crippen molar-refractivity contribution in [3.05, 3.63) is 29.8 Å². The smallest absolute Gasteiger partial charge is 0.241 e. The van der Waals surface area contributed by atoms with E-state index in [1.807, 2.05) is 38.1 Å². The molecule has 0 atom stereocenters. The van der Waals surface area contributed by atoms with E-state index >= 15 is 0 Å². The molecule has 15 heavy (non-hydrogen) atoms. The SMILES string of the molecule is CCN(C)C(=O)CNc1cccc(C)c1. The van der Waals surface area contributed by atoms with E-state index in [1.165, 1.54) is 5.56 Å². The Morgan fingerprint density at radius 3 is 2.80 bits per heavy atom. The second kappa shape index (κ2) is 5.39. The molecule has 3 heteroatoms. The van der Waals surface area contributed by atoms with Crippen molar-refractivity contribution in [3.63, 3.8) is 0 Å². The Bertz CT molecular complexity index is 336. The number of benzene rings is 1. The molecule has 1 rings (SSSR count). The predicted molar refractivity (Wildman–Crippen MR) is 63.0 cm³/mol. The molecule has 0 aliphatic carbocycles. The summed E-state index contributed by atoms with van der Waals surface area (Å²) in [4.78, 5) is 13.2. The average Bonchev–Trinajstić information content (AvgIpc) is 2.25. The van der Waals surface area contributed by atoms with Crippen LogP contribution in [0, 0.1) is 6.92 Å². The van der Waals surface area contributed by atoms with E-state index in [-0.39, 0.29) is 5.91 Å². The summed E-state index contributed by atoms with van der Waals surface area (Å²) in [5.41, 5.74) is 2.18. The van der Waals surface area contributed by atoms with Gasteiger partial charge in [-0.3, -0.25) is 4.79 Å². The van der Waals surface area contributed by atoms with Gasteiger partial charge in [-0.1, -0.05) is 12.1 Å². The highest BCUT2D eigenvalue weighted by molar-refractivity contribution is 5.80. The molecule has 0 aromatic heterocycles. The van der Waals surface area contributed by atoms with Gasteiger partial charge in [-0.25, -0.2) is 0 Å². The highest BCUT2D eigenvalue weighted by atomic mass is 16.2. The maximum atomic E-state index is 11.5. The van der Waals surface area contributed by atoms with Gasteiger partial charge in [0.2, 0.25) is 5.91 Å². The lowest BCUT2D eigenvalue weighted by atomic mass is 10.2. The highest BCUT2D eigenvalue weighted by Crippen LogP contribution is 2.08. The maximum Gasteiger partial charge on any atom is 0.241 e. The van der Waals surface area contributed by atoms with Crippen LogP contribution in [-0.2, 0) is 4.79 Å². The van der Waals surface area contributed by atoms with Crippen LogP contribution in [0.15, 0.2) is 24.3 Å². The topological polar surface area (TPSA) is 32.3 Å². The number of nitrogens with zero attached hydrogens (tertiary/aromatic N) is 1. The molecule has 0 radical (unpaired) electrons. The molecular formula is C12H18N2O. The molecule has 82 valence electrons. The van der Waals surface area contributed by atoms with Gasteiger partial charge in [-0.05, 0) is 31.5 Å². The van der Waals surface area contributed by atoms with Gasteiger partial charge < -0.3 is 10.2 Å². The molecule has 0 bridgehead atoms. The number of carbonyl (C=O) groups excluding carboxylic acids is 1. The first-order chi connectivity index (χ1) is 7.13. The molecule has 0 unspecified atom stereocenters. The van der Waals surface area contributed by atoms with Crippen LogP contribution >= 0.6 is 0 Å². The first-order valence-corrected chi connectivity index (χ1v) is 5.18. The highest BCUT2D eigenvalue weighted by Gasteiger charge is 2.05. The summed E-state index contributed by atoms with van der Waals surface area (Å²) in [7, 11) is 1.81. The summed E-state index contributed by atoms with van der Waals surface area (Å²) in [6, 6.07) is 8.00. The Labute approximate surface area is 91.1 Å². The Morgan fingerprint density at radius 2 is 2.20 bits per heavy atom. The van der Waals surface area contributed by atoms with Gasteiger partial charge in [0.1, 0.15) is 0 Å². The fourth-order valence-electron chi connectivity index (χ4n) is 1.24. The zero-order valence-electron chi connectivity index (χ0n) is 9.58. The van der Waals surface area contributed by atoms with Gasteiger partial charge in [0.25, 0.3) is 0 Å². The van der Waals surface area contributed by atoms with Crippen molar-refractivity contribution in [3.8, 4) is 0 Å². The molecule has 0 heterocycles. The zero-order chi connectivity index (χ0) is 11.3. The number of aryl methyl sites for hydroxylation is 1. The minimum Gasteiger partial charge on any atom is -0.376 e. The van der Waals surface area contributed by atoms with Gasteiger partial charge >= 0.3 is 0 Å². The fraction of sp³-hybridized carbons (Fsp3) is 0.417. The molecule has 0 fully saturated rings. The van der Waals surface area contributed by atoms with Crippen molar-refractivity contribution in [1.29, 1.82) is 0 Å². The summed E-state index contributed by atoms with van der Waals surface area (Å²) in [5.74, 6) is 0.110. The number of anilines is 1. The van der Waals surface area contributed by atoms with Crippen LogP contribution < -0.4 is 5.32 Å². The Hall–Kier alpha value is -1.51. The zero-order valence-corrected chi connectivity index (χ0v) is 9.58. The van der Waals surface area contributed by atoms with Crippen molar-refractivity contribution >= 4 is 11.6 Å². The van der Waals surface area contributed by atoms with Crippen LogP contribution in [0.3, 0.4) is 0 Å². The summed E-state index contributed by atoms with van der Waals surface area (Å²) in [6.07, 6.45) is 0. The number of nitrogens with one attached hydrogen (secondary N) is 1. The monoisotopic (exact) mass is 206 g/mol. The molecule has 3 nitrogen and oxygen atoms in total. The van der Waals surface area contributed by atoms with Gasteiger partial charge in [0.05, 0.1) is 6.54 Å². The normalized spacial score (nSPS) is 9.80. The van der Waals surface area contributed by atoms with Crippen molar-refractivity contribution < 1.29 is 4.79 Å².